The van der Waals surface area contributed by atoms with Crippen molar-refractivity contribution < 1.29 is 10.2 Å². The predicted molar refractivity (Wildman–Crippen MR) is 49.0 cm³/mol. The van der Waals surface area contributed by atoms with E-state index in [2.05, 4.69) is 0 Å². The first kappa shape index (κ1) is 8.81. The van der Waals surface area contributed by atoms with Gasteiger partial charge in [0.1, 0.15) is 5.75 Å². The van der Waals surface area contributed by atoms with Gasteiger partial charge >= 0.3 is 0 Å². The lowest BCUT2D eigenvalue weighted by atomic mass is 10.1. The monoisotopic (exact) mass is 164 g/mol. The van der Waals surface area contributed by atoms with Crippen molar-refractivity contribution in [1.29, 1.82) is 0 Å². The molecule has 0 fully saturated rings. The first-order valence-electron chi connectivity index (χ1n) is 3.81. The third kappa shape index (κ3) is 2.10. The lowest BCUT2D eigenvalue weighted by Crippen LogP contribution is -1.80. The van der Waals surface area contributed by atoms with Crippen LogP contribution in [0.1, 0.15) is 11.1 Å². The molecule has 0 aliphatic heterocycles. The van der Waals surface area contributed by atoms with E-state index in [-0.39, 0.29) is 12.4 Å². The van der Waals surface area contributed by atoms with Crippen LogP contribution in [0.25, 0.3) is 6.08 Å². The molecule has 64 valence electrons. The minimum Gasteiger partial charge on any atom is -0.508 e. The van der Waals surface area contributed by atoms with Gasteiger partial charge in [-0.1, -0.05) is 18.2 Å². The van der Waals surface area contributed by atoms with Gasteiger partial charge in [0.15, 0.2) is 0 Å². The molecule has 0 aromatic heterocycles. The Labute approximate surface area is 71.8 Å². The number of phenols is 1. The van der Waals surface area contributed by atoms with Crippen molar-refractivity contribution in [3.05, 3.63) is 35.4 Å². The summed E-state index contributed by atoms with van der Waals surface area (Å²) < 4.78 is 0. The Kier molecular flexibility index (Phi) is 2.88. The number of hydrogen-bond acceptors (Lipinski definition) is 2. The predicted octanol–water partition coefficient (Wildman–Crippen LogP) is 1.71. The van der Waals surface area contributed by atoms with Crippen LogP contribution in [0, 0.1) is 6.92 Å². The van der Waals surface area contributed by atoms with E-state index in [4.69, 9.17) is 10.2 Å². The zero-order valence-corrected chi connectivity index (χ0v) is 6.99. The molecule has 0 radical (unpaired) electrons. The third-order valence-electron chi connectivity index (χ3n) is 1.66. The molecule has 0 amide bonds. The lowest BCUT2D eigenvalue weighted by molar-refractivity contribution is 0.343. The second-order valence-electron chi connectivity index (χ2n) is 2.63. The van der Waals surface area contributed by atoms with Crippen molar-refractivity contribution in [1.82, 2.24) is 0 Å². The van der Waals surface area contributed by atoms with Crippen LogP contribution in [-0.2, 0) is 0 Å². The molecule has 1 aromatic rings. The van der Waals surface area contributed by atoms with Gasteiger partial charge in [-0.3, -0.25) is 0 Å². The Bertz CT molecular complexity index is 290. The Morgan fingerprint density at radius 2 is 2.17 bits per heavy atom. The quantitative estimate of drug-likeness (QED) is 0.698. The summed E-state index contributed by atoms with van der Waals surface area (Å²) in [4.78, 5) is 0. The normalized spacial score (nSPS) is 10.8. The molecular formula is C10H12O2. The van der Waals surface area contributed by atoms with Gasteiger partial charge in [-0.25, -0.2) is 0 Å². The SMILES string of the molecule is Cc1cc(O)ccc1C=CCO. The zero-order chi connectivity index (χ0) is 8.97. The average molecular weight is 164 g/mol. The van der Waals surface area contributed by atoms with Crippen LogP contribution in [0.15, 0.2) is 24.3 Å². The molecular weight excluding hydrogens is 152 g/mol. The van der Waals surface area contributed by atoms with E-state index in [9.17, 15) is 0 Å². The fraction of sp³-hybridized carbons (Fsp3) is 0.200. The molecule has 2 N–H and O–H groups in total. The number of benzene rings is 1. The van der Waals surface area contributed by atoms with Crippen LogP contribution >= 0.6 is 0 Å². The molecule has 1 aromatic carbocycles. The molecule has 0 unspecified atom stereocenters. The maximum atomic E-state index is 9.09. The maximum Gasteiger partial charge on any atom is 0.115 e. The molecule has 0 aliphatic carbocycles. The van der Waals surface area contributed by atoms with Crippen LogP contribution in [0.3, 0.4) is 0 Å². The van der Waals surface area contributed by atoms with E-state index < -0.39 is 0 Å². The van der Waals surface area contributed by atoms with Crippen LogP contribution in [-0.4, -0.2) is 16.8 Å². The fourth-order valence-corrected chi connectivity index (χ4v) is 1.03. The largest absolute Gasteiger partial charge is 0.508 e. The summed E-state index contributed by atoms with van der Waals surface area (Å²) in [7, 11) is 0. The summed E-state index contributed by atoms with van der Waals surface area (Å²) in [5.41, 5.74) is 2.02. The highest BCUT2D eigenvalue weighted by molar-refractivity contribution is 5.55. The van der Waals surface area contributed by atoms with Gasteiger partial charge in [0.25, 0.3) is 0 Å². The first-order valence-corrected chi connectivity index (χ1v) is 3.81. The van der Waals surface area contributed by atoms with Gasteiger partial charge in [-0.2, -0.15) is 0 Å². The van der Waals surface area contributed by atoms with E-state index in [1.807, 2.05) is 19.1 Å². The maximum absolute atomic E-state index is 9.09. The number of rotatable bonds is 2. The van der Waals surface area contributed by atoms with Crippen molar-refractivity contribution >= 4 is 6.08 Å². The van der Waals surface area contributed by atoms with Crippen LogP contribution in [0.4, 0.5) is 0 Å². The first-order chi connectivity index (χ1) is 5.74. The van der Waals surface area contributed by atoms with Gasteiger partial charge in [-0.05, 0) is 30.2 Å². The van der Waals surface area contributed by atoms with Gasteiger partial charge in [-0.15, -0.1) is 0 Å². The average Bonchev–Trinajstić information content (AvgIpc) is 2.03. The second kappa shape index (κ2) is 3.93. The van der Waals surface area contributed by atoms with Gasteiger partial charge in [0, 0.05) is 0 Å². The van der Waals surface area contributed by atoms with E-state index in [1.54, 1.807) is 18.2 Å². The molecule has 12 heavy (non-hydrogen) atoms. The number of hydrogen-bond donors (Lipinski definition) is 2. The standard InChI is InChI=1S/C10H12O2/c1-8-7-10(12)5-4-9(8)3-2-6-11/h2-5,7,11-12H,6H2,1H3. The van der Waals surface area contributed by atoms with E-state index in [0.717, 1.165) is 11.1 Å². The zero-order valence-electron chi connectivity index (χ0n) is 6.99. The Hall–Kier alpha value is -1.28. The van der Waals surface area contributed by atoms with E-state index >= 15 is 0 Å². The summed E-state index contributed by atoms with van der Waals surface area (Å²) in [5, 5.41) is 17.6. The van der Waals surface area contributed by atoms with Crippen molar-refractivity contribution in [2.75, 3.05) is 6.61 Å². The van der Waals surface area contributed by atoms with Crippen molar-refractivity contribution in [2.45, 2.75) is 6.92 Å². The molecule has 0 atom stereocenters. The highest BCUT2D eigenvalue weighted by atomic mass is 16.3. The van der Waals surface area contributed by atoms with Gasteiger partial charge in [0.05, 0.1) is 6.61 Å². The summed E-state index contributed by atoms with van der Waals surface area (Å²) >= 11 is 0. The number of aromatic hydroxyl groups is 1. The Balaban J connectivity index is 2.94. The number of phenolic OH excluding ortho intramolecular Hbond substituents is 1. The summed E-state index contributed by atoms with van der Waals surface area (Å²) in [6.07, 6.45) is 3.49. The van der Waals surface area contributed by atoms with E-state index in [1.165, 1.54) is 0 Å². The summed E-state index contributed by atoms with van der Waals surface area (Å²) in [6.45, 7) is 1.96. The minimum absolute atomic E-state index is 0.0420. The molecule has 2 heteroatoms. The number of aliphatic hydroxyl groups excluding tert-OH is 1. The molecule has 1 rings (SSSR count). The topological polar surface area (TPSA) is 40.5 Å². The molecule has 0 spiro atoms. The van der Waals surface area contributed by atoms with Crippen molar-refractivity contribution in [3.8, 4) is 5.75 Å². The molecule has 0 bridgehead atoms. The second-order valence-corrected chi connectivity index (χ2v) is 2.63. The summed E-state index contributed by atoms with van der Waals surface area (Å²) in [5.74, 6) is 0.272. The van der Waals surface area contributed by atoms with Gasteiger partial charge < -0.3 is 10.2 Å². The van der Waals surface area contributed by atoms with Crippen molar-refractivity contribution in [2.24, 2.45) is 0 Å². The third-order valence-corrected chi connectivity index (χ3v) is 1.66. The van der Waals surface area contributed by atoms with Gasteiger partial charge in [0.2, 0.25) is 0 Å². The highest BCUT2D eigenvalue weighted by Crippen LogP contribution is 2.16. The molecule has 0 saturated carbocycles. The highest BCUT2D eigenvalue weighted by Gasteiger charge is 1.94. The lowest BCUT2D eigenvalue weighted by Gasteiger charge is -1.99. The van der Waals surface area contributed by atoms with E-state index in [0.29, 0.717) is 0 Å². The van der Waals surface area contributed by atoms with Crippen LogP contribution in [0.2, 0.25) is 0 Å². The smallest absolute Gasteiger partial charge is 0.115 e. The van der Waals surface area contributed by atoms with Crippen LogP contribution in [0.5, 0.6) is 5.75 Å². The van der Waals surface area contributed by atoms with Crippen LogP contribution < -0.4 is 0 Å². The number of aliphatic hydroxyl groups is 1. The molecule has 2 nitrogen and oxygen atoms in total. The molecule has 0 heterocycles. The minimum atomic E-state index is 0.0420. The molecule has 0 aliphatic rings. The Morgan fingerprint density at radius 1 is 1.42 bits per heavy atom. The molecule has 0 saturated heterocycles. The summed E-state index contributed by atoms with van der Waals surface area (Å²) in [6, 6.07) is 5.14. The number of aryl methyl sites for hydroxylation is 1. The Morgan fingerprint density at radius 3 is 2.75 bits per heavy atom. The fourth-order valence-electron chi connectivity index (χ4n) is 1.03. The van der Waals surface area contributed by atoms with Crippen molar-refractivity contribution in [3.63, 3.8) is 0 Å².